The number of aromatic nitrogens is 2. The molecule has 0 saturated carbocycles. The summed E-state index contributed by atoms with van der Waals surface area (Å²) in [6.07, 6.45) is 0. The number of nitrogens with zero attached hydrogens (tertiary/aromatic N) is 4. The Morgan fingerprint density at radius 3 is 2.00 bits per heavy atom. The first-order chi connectivity index (χ1) is 12.1. The Labute approximate surface area is 146 Å². The van der Waals surface area contributed by atoms with Gasteiger partial charge >= 0.3 is 11.1 Å². The van der Waals surface area contributed by atoms with Crippen LogP contribution >= 0.6 is 0 Å². The molecule has 2 aromatic rings. The third-order valence-electron chi connectivity index (χ3n) is 4.92. The van der Waals surface area contributed by atoms with E-state index in [-0.39, 0.29) is 12.5 Å². The van der Waals surface area contributed by atoms with Crippen molar-refractivity contribution in [3.05, 3.63) is 45.0 Å². The van der Waals surface area contributed by atoms with Gasteiger partial charge in [0.15, 0.2) is 0 Å². The number of carbonyl (C=O) groups is 1. The molecule has 0 unspecified atom stereocenters. The molecule has 1 amide bonds. The predicted molar refractivity (Wildman–Crippen MR) is 96.8 cm³/mol. The van der Waals surface area contributed by atoms with Gasteiger partial charge in [0.2, 0.25) is 5.91 Å². The van der Waals surface area contributed by atoms with Gasteiger partial charge in [0, 0.05) is 32.7 Å². The van der Waals surface area contributed by atoms with Gasteiger partial charge in [0.1, 0.15) is 6.54 Å². The molecule has 0 aliphatic carbocycles. The fourth-order valence-corrected chi connectivity index (χ4v) is 3.39. The highest BCUT2D eigenvalue weighted by Gasteiger charge is 2.22. The lowest BCUT2D eigenvalue weighted by Gasteiger charge is -2.34. The van der Waals surface area contributed by atoms with Gasteiger partial charge in [-0.2, -0.15) is 0 Å². The molecule has 1 fully saturated rings. The maximum absolute atomic E-state index is 12.7. The smallest absolute Gasteiger partial charge is 0.317 e. The van der Waals surface area contributed by atoms with Crippen LogP contribution in [0.2, 0.25) is 0 Å². The lowest BCUT2D eigenvalue weighted by molar-refractivity contribution is -0.133. The maximum Gasteiger partial charge on any atom is 0.317 e. The molecule has 1 aliphatic heterocycles. The number of hydrogen-bond acceptors (Lipinski definition) is 4. The third kappa shape index (κ3) is 3.24. The quantitative estimate of drug-likeness (QED) is 0.751. The number of aryl methyl sites for hydroxylation is 1. The summed E-state index contributed by atoms with van der Waals surface area (Å²) in [6.45, 7) is 8.23. The van der Waals surface area contributed by atoms with E-state index in [1.165, 1.54) is 9.13 Å². The van der Waals surface area contributed by atoms with Crippen LogP contribution in [-0.4, -0.2) is 57.6 Å². The molecule has 7 heteroatoms. The molecule has 2 heterocycles. The number of likely N-dealkylation sites (N-methyl/N-ethyl adjacent to an activating group) is 1. The second-order valence-corrected chi connectivity index (χ2v) is 6.24. The van der Waals surface area contributed by atoms with Crippen molar-refractivity contribution in [3.63, 3.8) is 0 Å². The van der Waals surface area contributed by atoms with Crippen molar-refractivity contribution >= 4 is 16.9 Å². The molecular weight excluding hydrogens is 320 g/mol. The summed E-state index contributed by atoms with van der Waals surface area (Å²) in [7, 11) is 0. The molecule has 0 N–H and O–H groups in total. The van der Waals surface area contributed by atoms with E-state index in [0.717, 1.165) is 19.6 Å². The number of carbonyl (C=O) groups excluding carboxylic acids is 1. The fourth-order valence-electron chi connectivity index (χ4n) is 3.39. The second-order valence-electron chi connectivity index (χ2n) is 6.24. The highest BCUT2D eigenvalue weighted by atomic mass is 16.2. The van der Waals surface area contributed by atoms with E-state index >= 15 is 0 Å². The van der Waals surface area contributed by atoms with Gasteiger partial charge in [0.05, 0.1) is 11.0 Å². The summed E-state index contributed by atoms with van der Waals surface area (Å²) in [4.78, 5) is 41.6. The van der Waals surface area contributed by atoms with Crippen molar-refractivity contribution in [2.75, 3.05) is 32.7 Å². The van der Waals surface area contributed by atoms with Crippen LogP contribution in [0.15, 0.2) is 33.9 Å². The van der Waals surface area contributed by atoms with Crippen LogP contribution in [0.1, 0.15) is 13.8 Å². The van der Waals surface area contributed by atoms with Gasteiger partial charge in [-0.15, -0.1) is 0 Å². The van der Waals surface area contributed by atoms with Crippen LogP contribution in [0.5, 0.6) is 0 Å². The topological polar surface area (TPSA) is 67.5 Å². The Hall–Kier alpha value is -2.41. The first-order valence-electron chi connectivity index (χ1n) is 8.79. The minimum Gasteiger partial charge on any atom is -0.339 e. The van der Waals surface area contributed by atoms with Gasteiger partial charge in [-0.25, -0.2) is 0 Å². The SMILES string of the molecule is CCN1CCN(C(=O)Cn2c(=O)c(=O)n(CC)c3ccccc32)CC1. The van der Waals surface area contributed by atoms with E-state index in [1.54, 1.807) is 17.0 Å². The Balaban J connectivity index is 1.94. The van der Waals surface area contributed by atoms with E-state index in [9.17, 15) is 14.4 Å². The number of para-hydroxylation sites is 2. The standard InChI is InChI=1S/C18H24N4O3/c1-3-19-9-11-20(12-10-19)16(23)13-22-15-8-6-5-7-14(15)21(4-2)17(24)18(22)25/h5-8H,3-4,9-13H2,1-2H3. The number of amides is 1. The summed E-state index contributed by atoms with van der Waals surface area (Å²) in [5.74, 6) is -0.114. The third-order valence-corrected chi connectivity index (χ3v) is 4.92. The second kappa shape index (κ2) is 7.23. The van der Waals surface area contributed by atoms with E-state index in [2.05, 4.69) is 11.8 Å². The Morgan fingerprint density at radius 2 is 1.44 bits per heavy atom. The molecule has 0 spiro atoms. The number of fused-ring (bicyclic) bond motifs is 1. The average Bonchev–Trinajstić information content (AvgIpc) is 2.65. The summed E-state index contributed by atoms with van der Waals surface area (Å²) in [5, 5.41) is 0. The Kier molecular flexibility index (Phi) is 5.03. The van der Waals surface area contributed by atoms with Crippen molar-refractivity contribution in [2.45, 2.75) is 26.9 Å². The number of benzene rings is 1. The molecule has 1 aromatic carbocycles. The van der Waals surface area contributed by atoms with Gasteiger partial charge < -0.3 is 14.4 Å². The van der Waals surface area contributed by atoms with Gasteiger partial charge in [-0.3, -0.25) is 19.0 Å². The molecular formula is C18H24N4O3. The van der Waals surface area contributed by atoms with E-state index in [4.69, 9.17) is 0 Å². The van der Waals surface area contributed by atoms with E-state index in [1.807, 2.05) is 19.1 Å². The van der Waals surface area contributed by atoms with Crippen molar-refractivity contribution in [2.24, 2.45) is 0 Å². The zero-order valence-electron chi connectivity index (χ0n) is 14.8. The maximum atomic E-state index is 12.7. The molecule has 25 heavy (non-hydrogen) atoms. The van der Waals surface area contributed by atoms with Crippen LogP contribution in [0, 0.1) is 0 Å². The average molecular weight is 344 g/mol. The van der Waals surface area contributed by atoms with E-state index < -0.39 is 11.1 Å². The molecule has 0 radical (unpaired) electrons. The van der Waals surface area contributed by atoms with Crippen molar-refractivity contribution < 1.29 is 4.79 Å². The zero-order valence-corrected chi connectivity index (χ0v) is 14.8. The van der Waals surface area contributed by atoms with Gasteiger partial charge in [0.25, 0.3) is 0 Å². The molecule has 0 bridgehead atoms. The first-order valence-corrected chi connectivity index (χ1v) is 8.79. The number of hydrogen-bond donors (Lipinski definition) is 0. The summed E-state index contributed by atoms with van der Waals surface area (Å²) in [5.41, 5.74) is 0.0820. The fraction of sp³-hybridized carbons (Fsp3) is 0.500. The normalized spacial score (nSPS) is 15.7. The molecule has 1 aromatic heterocycles. The van der Waals surface area contributed by atoms with Crippen molar-refractivity contribution in [1.82, 2.24) is 18.9 Å². The molecule has 134 valence electrons. The lowest BCUT2D eigenvalue weighted by Crippen LogP contribution is -2.50. The lowest BCUT2D eigenvalue weighted by atomic mass is 10.2. The Bertz CT molecular complexity index is 891. The molecule has 1 aliphatic rings. The van der Waals surface area contributed by atoms with Crippen LogP contribution in [0.3, 0.4) is 0 Å². The Morgan fingerprint density at radius 1 is 0.880 bits per heavy atom. The largest absolute Gasteiger partial charge is 0.339 e. The summed E-state index contributed by atoms with van der Waals surface area (Å²) < 4.78 is 2.77. The first kappa shape index (κ1) is 17.4. The van der Waals surface area contributed by atoms with Crippen LogP contribution in [0.25, 0.3) is 11.0 Å². The van der Waals surface area contributed by atoms with E-state index in [0.29, 0.717) is 30.7 Å². The summed E-state index contributed by atoms with van der Waals surface area (Å²) in [6, 6.07) is 7.23. The van der Waals surface area contributed by atoms with Crippen LogP contribution < -0.4 is 11.1 Å². The van der Waals surface area contributed by atoms with Crippen LogP contribution in [0.4, 0.5) is 0 Å². The molecule has 3 rings (SSSR count). The predicted octanol–water partition coefficient (Wildman–Crippen LogP) is 0.347. The molecule has 0 atom stereocenters. The summed E-state index contributed by atoms with van der Waals surface area (Å²) >= 11 is 0. The van der Waals surface area contributed by atoms with Crippen molar-refractivity contribution in [3.8, 4) is 0 Å². The van der Waals surface area contributed by atoms with Gasteiger partial charge in [-0.1, -0.05) is 19.1 Å². The van der Waals surface area contributed by atoms with Gasteiger partial charge in [-0.05, 0) is 25.6 Å². The highest BCUT2D eigenvalue weighted by molar-refractivity contribution is 5.80. The minimum atomic E-state index is -0.638. The zero-order chi connectivity index (χ0) is 18.0. The molecule has 1 saturated heterocycles. The number of rotatable bonds is 4. The highest BCUT2D eigenvalue weighted by Crippen LogP contribution is 2.11. The van der Waals surface area contributed by atoms with Crippen LogP contribution in [-0.2, 0) is 17.9 Å². The minimum absolute atomic E-state index is 0.0920. The van der Waals surface area contributed by atoms with Crippen molar-refractivity contribution in [1.29, 1.82) is 0 Å². The monoisotopic (exact) mass is 344 g/mol. The molecule has 7 nitrogen and oxygen atoms in total. The number of piperazine rings is 1.